The molecule has 2 aliphatic rings. The summed E-state index contributed by atoms with van der Waals surface area (Å²) in [7, 11) is 0. The van der Waals surface area contributed by atoms with E-state index in [1.807, 2.05) is 0 Å². The average Bonchev–Trinajstić information content (AvgIpc) is 2.91. The van der Waals surface area contributed by atoms with Crippen molar-refractivity contribution in [3.05, 3.63) is 133 Å². The predicted octanol–water partition coefficient (Wildman–Crippen LogP) is 6.12. The fourth-order valence-electron chi connectivity index (χ4n) is 6.48. The minimum Gasteiger partial charge on any atom is -0.181 e. The van der Waals surface area contributed by atoms with Gasteiger partial charge in [-0.3, -0.25) is 0 Å². The molecule has 0 saturated heterocycles. The summed E-state index contributed by atoms with van der Waals surface area (Å²) >= 11 is 0. The molecule has 2 aliphatic heterocycles. The maximum absolute atomic E-state index is 2.52. The van der Waals surface area contributed by atoms with Gasteiger partial charge in [0.1, 0.15) is 0 Å². The molecule has 2 nitrogen and oxygen atoms in total. The second-order valence-electron chi connectivity index (χ2n) is 9.73. The van der Waals surface area contributed by atoms with Gasteiger partial charge in [0, 0.05) is 49.2 Å². The predicted molar refractivity (Wildman–Crippen MR) is 135 cm³/mol. The maximum Gasteiger partial charge on any atom is 0.259 e. The molecule has 5 aromatic rings. The van der Waals surface area contributed by atoms with Crippen molar-refractivity contribution in [3.8, 4) is 33.6 Å². The van der Waals surface area contributed by atoms with Crippen molar-refractivity contribution in [3.63, 3.8) is 0 Å². The molecule has 2 unspecified atom stereocenters. The fraction of sp³-hybridized carbons (Fsp3) is 0.125. The fourth-order valence-corrected chi connectivity index (χ4v) is 6.48. The van der Waals surface area contributed by atoms with Gasteiger partial charge in [0.05, 0.1) is 11.1 Å². The summed E-state index contributed by atoms with van der Waals surface area (Å²) in [5.74, 6) is 0. The van der Waals surface area contributed by atoms with Crippen LogP contribution in [0.1, 0.15) is 25.0 Å². The molecule has 7 rings (SSSR count). The first kappa shape index (κ1) is 19.4. The molecule has 0 N–H and O–H groups in total. The zero-order valence-corrected chi connectivity index (χ0v) is 19.4. The summed E-state index contributed by atoms with van der Waals surface area (Å²) in [5.41, 5.74) is 9.69. The minimum absolute atomic E-state index is 0.305. The Labute approximate surface area is 200 Å². The molecular weight excluding hydrogens is 412 g/mol. The van der Waals surface area contributed by atoms with Gasteiger partial charge in [-0.25, -0.2) is 0 Å². The second-order valence-corrected chi connectivity index (χ2v) is 9.73. The third-order valence-corrected chi connectivity index (χ3v) is 8.29. The SMILES string of the molecule is CC12c3ccccc3-c3cc(-c4ccccc4)cc[n+]3C1(C)c1ccccc1-c1cccc[n+]12. The van der Waals surface area contributed by atoms with Crippen molar-refractivity contribution in [2.24, 2.45) is 0 Å². The molecule has 0 amide bonds. The third-order valence-electron chi connectivity index (χ3n) is 8.29. The highest BCUT2D eigenvalue weighted by Gasteiger charge is 2.69. The largest absolute Gasteiger partial charge is 0.259 e. The first-order chi connectivity index (χ1) is 16.6. The van der Waals surface area contributed by atoms with Crippen LogP contribution >= 0.6 is 0 Å². The van der Waals surface area contributed by atoms with Crippen LogP contribution in [0.25, 0.3) is 33.6 Å². The molecule has 0 radical (unpaired) electrons. The van der Waals surface area contributed by atoms with E-state index in [2.05, 4.69) is 145 Å². The zero-order chi connectivity index (χ0) is 22.9. The highest BCUT2D eigenvalue weighted by Crippen LogP contribution is 2.52. The van der Waals surface area contributed by atoms with Crippen LogP contribution in [-0.2, 0) is 11.1 Å². The summed E-state index contributed by atoms with van der Waals surface area (Å²) in [4.78, 5) is 0. The van der Waals surface area contributed by atoms with Crippen LogP contribution in [0.4, 0.5) is 0 Å². The molecule has 0 saturated carbocycles. The van der Waals surface area contributed by atoms with Crippen molar-refractivity contribution in [2.75, 3.05) is 0 Å². The molecule has 34 heavy (non-hydrogen) atoms. The molecule has 3 aromatic carbocycles. The first-order valence-electron chi connectivity index (χ1n) is 12.0. The Morgan fingerprint density at radius 1 is 0.471 bits per heavy atom. The molecule has 162 valence electrons. The Hall–Kier alpha value is -4.04. The van der Waals surface area contributed by atoms with E-state index >= 15 is 0 Å². The number of nitrogens with zero attached hydrogens (tertiary/aromatic N) is 2. The van der Waals surface area contributed by atoms with Crippen LogP contribution in [0.15, 0.2) is 122 Å². The third kappa shape index (κ3) is 2.25. The summed E-state index contributed by atoms with van der Waals surface area (Å²) in [6, 6.07) is 39.8. The number of fused-ring (bicyclic) bond motifs is 11. The smallest absolute Gasteiger partial charge is 0.181 e. The zero-order valence-electron chi connectivity index (χ0n) is 19.4. The second kappa shape index (κ2) is 6.74. The number of pyridine rings is 2. The van der Waals surface area contributed by atoms with Gasteiger partial charge in [-0.05, 0) is 29.3 Å². The van der Waals surface area contributed by atoms with Gasteiger partial charge in [0.2, 0.25) is 11.4 Å². The van der Waals surface area contributed by atoms with Crippen molar-refractivity contribution in [2.45, 2.75) is 24.9 Å². The highest BCUT2D eigenvalue weighted by molar-refractivity contribution is 5.74. The van der Waals surface area contributed by atoms with Gasteiger partial charge >= 0.3 is 0 Å². The number of benzene rings is 3. The number of rotatable bonds is 1. The molecule has 0 fully saturated rings. The number of hydrogen-bond acceptors (Lipinski definition) is 0. The molecule has 2 heteroatoms. The van der Waals surface area contributed by atoms with E-state index < -0.39 is 0 Å². The van der Waals surface area contributed by atoms with Gasteiger partial charge in [-0.2, -0.15) is 9.13 Å². The highest BCUT2D eigenvalue weighted by atomic mass is 15.2. The Morgan fingerprint density at radius 2 is 1.03 bits per heavy atom. The van der Waals surface area contributed by atoms with E-state index in [0.29, 0.717) is 0 Å². The van der Waals surface area contributed by atoms with Crippen molar-refractivity contribution < 1.29 is 9.13 Å². The summed E-state index contributed by atoms with van der Waals surface area (Å²) < 4.78 is 5.01. The van der Waals surface area contributed by atoms with E-state index in [1.54, 1.807) is 0 Å². The lowest BCUT2D eigenvalue weighted by Crippen LogP contribution is -2.79. The van der Waals surface area contributed by atoms with Crippen molar-refractivity contribution >= 4 is 0 Å². The lowest BCUT2D eigenvalue weighted by molar-refractivity contribution is -0.856. The van der Waals surface area contributed by atoms with Gasteiger partial charge in [-0.1, -0.05) is 66.7 Å². The lowest BCUT2D eigenvalue weighted by atomic mass is 9.62. The summed E-state index contributed by atoms with van der Waals surface area (Å²) in [6.45, 7) is 4.82. The van der Waals surface area contributed by atoms with Gasteiger partial charge in [-0.15, -0.1) is 0 Å². The van der Waals surface area contributed by atoms with E-state index in [9.17, 15) is 0 Å². The van der Waals surface area contributed by atoms with Crippen LogP contribution in [0.5, 0.6) is 0 Å². The monoisotopic (exact) mass is 438 g/mol. The van der Waals surface area contributed by atoms with Crippen LogP contribution in [0.2, 0.25) is 0 Å². The molecule has 2 atom stereocenters. The Kier molecular flexibility index (Phi) is 3.85. The number of hydrogen-bond donors (Lipinski definition) is 0. The Balaban J connectivity index is 1.63. The van der Waals surface area contributed by atoms with Crippen LogP contribution in [0, 0.1) is 0 Å². The van der Waals surface area contributed by atoms with E-state index in [1.165, 1.54) is 44.8 Å². The lowest BCUT2D eigenvalue weighted by Gasteiger charge is -2.45. The Bertz CT molecular complexity index is 1590. The first-order valence-corrected chi connectivity index (χ1v) is 12.0. The molecule has 0 aliphatic carbocycles. The maximum atomic E-state index is 2.52. The standard InChI is InChI=1S/C32H26N2/c1-31-28-17-9-7-15-26(28)30-22-24(23-12-4-3-5-13-23)19-21-34(30)32(31,2)27-16-8-6-14-25(27)29-18-10-11-20-33(29)31/h3-22H,1-2H3/q+2. The van der Waals surface area contributed by atoms with Gasteiger partial charge < -0.3 is 0 Å². The van der Waals surface area contributed by atoms with E-state index in [-0.39, 0.29) is 11.1 Å². The molecule has 4 heterocycles. The van der Waals surface area contributed by atoms with Gasteiger partial charge in [0.25, 0.3) is 11.1 Å². The molecule has 2 aromatic heterocycles. The minimum atomic E-state index is -0.318. The molecule has 0 spiro atoms. The van der Waals surface area contributed by atoms with Crippen LogP contribution in [-0.4, -0.2) is 0 Å². The number of aromatic nitrogens is 2. The van der Waals surface area contributed by atoms with Gasteiger partial charge in [0.15, 0.2) is 12.4 Å². The Morgan fingerprint density at radius 3 is 1.74 bits per heavy atom. The van der Waals surface area contributed by atoms with E-state index in [4.69, 9.17) is 0 Å². The quantitative estimate of drug-likeness (QED) is 0.279. The van der Waals surface area contributed by atoms with Crippen molar-refractivity contribution in [1.82, 2.24) is 0 Å². The topological polar surface area (TPSA) is 7.76 Å². The van der Waals surface area contributed by atoms with Crippen LogP contribution in [0.3, 0.4) is 0 Å². The summed E-state index contributed by atoms with van der Waals surface area (Å²) in [6.07, 6.45) is 4.56. The normalized spacial score (nSPS) is 21.5. The summed E-state index contributed by atoms with van der Waals surface area (Å²) in [5, 5.41) is 0. The molecular formula is C32H26N2+2. The van der Waals surface area contributed by atoms with Crippen LogP contribution < -0.4 is 9.13 Å². The average molecular weight is 439 g/mol. The molecule has 0 bridgehead atoms. The van der Waals surface area contributed by atoms with E-state index in [0.717, 1.165) is 0 Å². The van der Waals surface area contributed by atoms with Crippen molar-refractivity contribution in [1.29, 1.82) is 0 Å².